The normalized spacial score (nSPS) is 11.0. The molecule has 28 heavy (non-hydrogen) atoms. The quantitative estimate of drug-likeness (QED) is 0.233. The number of hydroxylamine groups is 2. The highest BCUT2D eigenvalue weighted by atomic mass is 79.9. The van der Waals surface area contributed by atoms with Gasteiger partial charge in [-0.3, -0.25) is 0 Å². The van der Waals surface area contributed by atoms with Gasteiger partial charge in [0.25, 0.3) is 0 Å². The summed E-state index contributed by atoms with van der Waals surface area (Å²) in [6.07, 6.45) is 3.17. The molecular weight excluding hydrogens is 539 g/mol. The second kappa shape index (κ2) is 7.75. The van der Waals surface area contributed by atoms with Crippen molar-refractivity contribution in [2.45, 2.75) is 0 Å². The number of benzene rings is 2. The fourth-order valence-electron chi connectivity index (χ4n) is 2.64. The summed E-state index contributed by atoms with van der Waals surface area (Å²) >= 11 is 19.3. The highest BCUT2D eigenvalue weighted by Crippen LogP contribution is 2.37. The topological polar surface area (TPSA) is 91.2 Å². The van der Waals surface area contributed by atoms with Crippen molar-refractivity contribution < 1.29 is 14.5 Å². The van der Waals surface area contributed by atoms with Crippen LogP contribution in [0.2, 0.25) is 10.0 Å². The van der Waals surface area contributed by atoms with Crippen LogP contribution in [-0.4, -0.2) is 16.0 Å². The molecule has 0 aliphatic rings. The summed E-state index contributed by atoms with van der Waals surface area (Å²) in [5.74, 6) is 0.714. The first-order valence-corrected chi connectivity index (χ1v) is 10.1. The third-order valence-corrected chi connectivity index (χ3v) is 6.47. The fraction of sp³-hybridized carbons (Fsp3) is 0. The summed E-state index contributed by atoms with van der Waals surface area (Å²) in [6.45, 7) is 0. The molecule has 4 aromatic rings. The third kappa shape index (κ3) is 3.50. The van der Waals surface area contributed by atoms with Gasteiger partial charge in [0.05, 0.1) is 31.9 Å². The Balaban J connectivity index is 1.44. The van der Waals surface area contributed by atoms with Crippen LogP contribution in [0.5, 0.6) is 11.5 Å². The Hall–Kier alpha value is -2.07. The minimum Gasteiger partial charge on any atom is -0.376 e. The molecule has 7 nitrogen and oxygen atoms in total. The summed E-state index contributed by atoms with van der Waals surface area (Å²) in [6, 6.07) is 6.56. The van der Waals surface area contributed by atoms with Gasteiger partial charge in [0, 0.05) is 21.3 Å². The van der Waals surface area contributed by atoms with Crippen LogP contribution in [-0.2, 0) is 0 Å². The predicted molar refractivity (Wildman–Crippen MR) is 115 cm³/mol. The molecule has 4 rings (SSSR count). The van der Waals surface area contributed by atoms with Crippen molar-refractivity contribution in [3.63, 3.8) is 0 Å². The summed E-state index contributed by atoms with van der Waals surface area (Å²) in [5, 5.41) is 2.19. The molecule has 0 saturated carbocycles. The minimum absolute atomic E-state index is 0.357. The first-order valence-electron chi connectivity index (χ1n) is 7.75. The van der Waals surface area contributed by atoms with E-state index in [9.17, 15) is 4.79 Å². The van der Waals surface area contributed by atoms with E-state index < -0.39 is 6.03 Å². The number of carbonyl (C=O) groups excluding carboxylic acids is 1. The number of aromatic nitrogens is 2. The average Bonchev–Trinajstić information content (AvgIpc) is 3.29. The molecular formula is C17H10Br2Cl2N4O3. The van der Waals surface area contributed by atoms with E-state index in [0.717, 1.165) is 11.0 Å². The van der Waals surface area contributed by atoms with Crippen molar-refractivity contribution in [2.75, 3.05) is 0 Å². The molecule has 4 N–H and O–H groups in total. The highest BCUT2D eigenvalue weighted by Gasteiger charge is 2.15. The van der Waals surface area contributed by atoms with Crippen molar-refractivity contribution in [2.24, 2.45) is 0 Å². The molecule has 0 atom stereocenters. The number of urea groups is 1. The number of carbonyl (C=O) groups is 1. The average molecular weight is 549 g/mol. The molecule has 0 saturated heterocycles. The second-order valence-electron chi connectivity index (χ2n) is 5.61. The van der Waals surface area contributed by atoms with E-state index in [1.807, 2.05) is 24.3 Å². The zero-order valence-electron chi connectivity index (χ0n) is 13.7. The van der Waals surface area contributed by atoms with Gasteiger partial charge in [-0.05, 0) is 56.1 Å². The molecule has 144 valence electrons. The fourth-order valence-corrected chi connectivity index (χ4v) is 3.82. The van der Waals surface area contributed by atoms with Gasteiger partial charge >= 0.3 is 6.03 Å². The second-order valence-corrected chi connectivity index (χ2v) is 8.08. The Bertz CT molecular complexity index is 1120. The lowest BCUT2D eigenvalue weighted by Crippen LogP contribution is -2.39. The highest BCUT2D eigenvalue weighted by molar-refractivity contribution is 9.10. The molecule has 11 heteroatoms. The number of halogens is 4. The van der Waals surface area contributed by atoms with Gasteiger partial charge in [-0.15, -0.1) is 0 Å². The molecule has 2 aromatic heterocycles. The van der Waals surface area contributed by atoms with E-state index in [1.54, 1.807) is 12.4 Å². The lowest BCUT2D eigenvalue weighted by atomic mass is 10.2. The Morgan fingerprint density at radius 3 is 1.68 bits per heavy atom. The van der Waals surface area contributed by atoms with E-state index in [2.05, 4.69) is 52.8 Å². The van der Waals surface area contributed by atoms with Gasteiger partial charge in [-0.1, -0.05) is 23.2 Å². The first-order chi connectivity index (χ1) is 13.5. The van der Waals surface area contributed by atoms with Crippen molar-refractivity contribution >= 4 is 82.9 Å². The summed E-state index contributed by atoms with van der Waals surface area (Å²) < 4.78 is 1.42. The maximum absolute atomic E-state index is 12.0. The number of aromatic amines is 2. The molecule has 0 aliphatic carbocycles. The van der Waals surface area contributed by atoms with Gasteiger partial charge in [0.15, 0.2) is 11.5 Å². The summed E-state index contributed by atoms with van der Waals surface area (Å²) in [5.41, 5.74) is 6.01. The van der Waals surface area contributed by atoms with Crippen LogP contribution in [0.1, 0.15) is 0 Å². The Kier molecular flexibility index (Phi) is 5.33. The summed E-state index contributed by atoms with van der Waals surface area (Å²) in [4.78, 5) is 28.7. The van der Waals surface area contributed by atoms with Gasteiger partial charge in [-0.2, -0.15) is 11.0 Å². The van der Waals surface area contributed by atoms with E-state index in [-0.39, 0.29) is 0 Å². The van der Waals surface area contributed by atoms with E-state index in [1.165, 1.54) is 0 Å². The number of hydrogen-bond donors (Lipinski definition) is 4. The number of fused-ring (bicyclic) bond motifs is 2. The van der Waals surface area contributed by atoms with Gasteiger partial charge < -0.3 is 19.6 Å². The van der Waals surface area contributed by atoms with E-state index in [4.69, 9.17) is 32.9 Å². The van der Waals surface area contributed by atoms with Crippen LogP contribution >= 0.6 is 55.1 Å². The monoisotopic (exact) mass is 546 g/mol. The van der Waals surface area contributed by atoms with Crippen molar-refractivity contribution in [1.82, 2.24) is 20.9 Å². The summed E-state index contributed by atoms with van der Waals surface area (Å²) in [7, 11) is 0. The lowest BCUT2D eigenvalue weighted by Gasteiger charge is -2.09. The van der Waals surface area contributed by atoms with Gasteiger partial charge in [0.2, 0.25) is 0 Å². The van der Waals surface area contributed by atoms with Crippen LogP contribution in [0, 0.1) is 0 Å². The number of H-pyrrole nitrogens is 2. The predicted octanol–water partition coefficient (Wildman–Crippen LogP) is 6.07. The number of hydrogen-bond acceptors (Lipinski definition) is 3. The van der Waals surface area contributed by atoms with Crippen molar-refractivity contribution in [1.29, 1.82) is 0 Å². The molecule has 0 bridgehead atoms. The third-order valence-electron chi connectivity index (χ3n) is 3.91. The molecule has 0 spiro atoms. The van der Waals surface area contributed by atoms with E-state index >= 15 is 0 Å². The molecule has 0 unspecified atom stereocenters. The maximum Gasteiger partial charge on any atom is 0.380 e. The van der Waals surface area contributed by atoms with E-state index in [0.29, 0.717) is 41.3 Å². The Morgan fingerprint density at radius 1 is 0.821 bits per heavy atom. The molecule has 2 amide bonds. The largest absolute Gasteiger partial charge is 0.380 e. The van der Waals surface area contributed by atoms with Crippen LogP contribution in [0.25, 0.3) is 21.8 Å². The maximum atomic E-state index is 12.0. The molecule has 0 aliphatic heterocycles. The zero-order valence-corrected chi connectivity index (χ0v) is 18.4. The van der Waals surface area contributed by atoms with Gasteiger partial charge in [-0.25, -0.2) is 4.79 Å². The lowest BCUT2D eigenvalue weighted by molar-refractivity contribution is 0.137. The van der Waals surface area contributed by atoms with Gasteiger partial charge in [0.1, 0.15) is 0 Å². The smallest absolute Gasteiger partial charge is 0.376 e. The molecule has 2 aromatic carbocycles. The van der Waals surface area contributed by atoms with Crippen LogP contribution in [0.4, 0.5) is 4.79 Å². The molecule has 0 radical (unpaired) electrons. The number of amides is 2. The van der Waals surface area contributed by atoms with Crippen LogP contribution in [0.3, 0.4) is 0 Å². The number of rotatable bonds is 4. The Labute approximate surface area is 184 Å². The molecule has 0 fully saturated rings. The minimum atomic E-state index is -0.721. The Morgan fingerprint density at radius 2 is 1.25 bits per heavy atom. The standard InChI is InChI=1S/C17H10Br2Cl2N4O3/c18-7-1-3-9-13(15(7)20)11(5-22-9)27-24-17(26)25-28-12-6-23-10-4-2-8(19)16(21)14(10)12/h1-6,22-23H,(H2,24,25,26). The number of nitrogens with one attached hydrogen (secondary N) is 4. The first kappa shape index (κ1) is 19.3. The van der Waals surface area contributed by atoms with Crippen molar-refractivity contribution in [3.05, 3.63) is 55.6 Å². The zero-order chi connectivity index (χ0) is 19.8. The van der Waals surface area contributed by atoms with Crippen LogP contribution in [0.15, 0.2) is 45.6 Å². The SMILES string of the molecule is O=C(NOc1c[nH]c2ccc(Br)c(Cl)c12)NOc1c[nH]c2ccc(Br)c(Cl)c12. The molecule has 2 heterocycles. The van der Waals surface area contributed by atoms with Crippen molar-refractivity contribution in [3.8, 4) is 11.5 Å². The van der Waals surface area contributed by atoms with Crippen LogP contribution < -0.4 is 20.6 Å².